The highest BCUT2D eigenvalue weighted by Crippen LogP contribution is 2.28. The summed E-state index contributed by atoms with van der Waals surface area (Å²) in [4.78, 5) is 27.9. The van der Waals surface area contributed by atoms with E-state index in [1.807, 2.05) is 23.1 Å². The lowest BCUT2D eigenvalue weighted by Crippen LogP contribution is -2.51. The molecule has 4 rings (SSSR count). The highest BCUT2D eigenvalue weighted by molar-refractivity contribution is 5.78. The Morgan fingerprint density at radius 1 is 1.11 bits per heavy atom. The summed E-state index contributed by atoms with van der Waals surface area (Å²) in [5.41, 5.74) is 1.21. The van der Waals surface area contributed by atoms with Crippen LogP contribution in [0.1, 0.15) is 18.4 Å². The van der Waals surface area contributed by atoms with E-state index in [0.29, 0.717) is 12.6 Å². The minimum Gasteiger partial charge on any atom is -0.497 e. The maximum absolute atomic E-state index is 12.9. The predicted octanol–water partition coefficient (Wildman–Crippen LogP) is 1.80. The number of amides is 1. The van der Waals surface area contributed by atoms with E-state index in [4.69, 9.17) is 4.74 Å². The molecule has 2 aliphatic rings. The summed E-state index contributed by atoms with van der Waals surface area (Å²) < 4.78 is 5.23. The van der Waals surface area contributed by atoms with Crippen LogP contribution in [0.3, 0.4) is 0 Å². The smallest absolute Gasteiger partial charge is 0.236 e. The molecule has 2 fully saturated rings. The third kappa shape index (κ3) is 4.59. The van der Waals surface area contributed by atoms with Gasteiger partial charge in [0.1, 0.15) is 5.75 Å². The summed E-state index contributed by atoms with van der Waals surface area (Å²) in [6.07, 6.45) is 5.88. The van der Waals surface area contributed by atoms with E-state index in [1.165, 1.54) is 18.4 Å². The van der Waals surface area contributed by atoms with Gasteiger partial charge in [0.2, 0.25) is 11.9 Å². The van der Waals surface area contributed by atoms with Crippen LogP contribution in [0.5, 0.6) is 5.75 Å². The monoisotopic (exact) mass is 381 g/mol. The van der Waals surface area contributed by atoms with Gasteiger partial charge >= 0.3 is 0 Å². The summed E-state index contributed by atoms with van der Waals surface area (Å²) in [6.45, 7) is 4.28. The predicted molar refractivity (Wildman–Crippen MR) is 107 cm³/mol. The van der Waals surface area contributed by atoms with Gasteiger partial charge in [0.05, 0.1) is 13.7 Å². The van der Waals surface area contributed by atoms with Crippen molar-refractivity contribution in [3.05, 3.63) is 48.3 Å². The molecule has 1 aromatic carbocycles. The van der Waals surface area contributed by atoms with Crippen molar-refractivity contribution in [2.45, 2.75) is 25.4 Å². The molecule has 0 radical (unpaired) electrons. The molecule has 2 aromatic rings. The lowest BCUT2D eigenvalue weighted by Gasteiger charge is -2.35. The number of aromatic nitrogens is 2. The lowest BCUT2D eigenvalue weighted by atomic mass is 10.2. The van der Waals surface area contributed by atoms with Gasteiger partial charge in [0.15, 0.2) is 0 Å². The summed E-state index contributed by atoms with van der Waals surface area (Å²) in [5, 5.41) is 0. The highest BCUT2D eigenvalue weighted by Gasteiger charge is 2.32. The molecule has 28 heavy (non-hydrogen) atoms. The molecule has 0 atom stereocenters. The molecule has 7 heteroatoms. The van der Waals surface area contributed by atoms with Crippen molar-refractivity contribution >= 4 is 11.9 Å². The number of rotatable bonds is 7. The molecule has 1 amide bonds. The normalized spacial score (nSPS) is 17.1. The fourth-order valence-corrected chi connectivity index (χ4v) is 3.60. The van der Waals surface area contributed by atoms with Crippen molar-refractivity contribution in [3.8, 4) is 5.75 Å². The zero-order valence-corrected chi connectivity index (χ0v) is 16.3. The second-order valence-electron chi connectivity index (χ2n) is 7.40. The van der Waals surface area contributed by atoms with Gasteiger partial charge in [0.25, 0.3) is 0 Å². The van der Waals surface area contributed by atoms with Crippen molar-refractivity contribution in [1.29, 1.82) is 0 Å². The average Bonchev–Trinajstić information content (AvgIpc) is 3.60. The van der Waals surface area contributed by atoms with E-state index < -0.39 is 0 Å². The summed E-state index contributed by atoms with van der Waals surface area (Å²) in [6, 6.07) is 10.5. The van der Waals surface area contributed by atoms with Crippen molar-refractivity contribution in [1.82, 2.24) is 19.8 Å². The van der Waals surface area contributed by atoms with E-state index in [0.717, 1.165) is 44.4 Å². The molecule has 1 aliphatic heterocycles. The largest absolute Gasteiger partial charge is 0.497 e. The molecule has 0 unspecified atom stereocenters. The number of hydrogen-bond donors (Lipinski definition) is 0. The van der Waals surface area contributed by atoms with Gasteiger partial charge < -0.3 is 14.5 Å². The van der Waals surface area contributed by atoms with Crippen LogP contribution in [-0.2, 0) is 11.3 Å². The Morgan fingerprint density at radius 2 is 1.79 bits per heavy atom. The third-order valence-electron chi connectivity index (χ3n) is 5.41. The molecule has 0 bridgehead atoms. The average molecular weight is 381 g/mol. The molecular formula is C21H27N5O2. The number of hydrogen-bond acceptors (Lipinski definition) is 6. The Morgan fingerprint density at radius 3 is 2.39 bits per heavy atom. The van der Waals surface area contributed by atoms with Crippen LogP contribution in [0.4, 0.5) is 5.95 Å². The number of benzene rings is 1. The van der Waals surface area contributed by atoms with E-state index >= 15 is 0 Å². The van der Waals surface area contributed by atoms with Crippen LogP contribution >= 0.6 is 0 Å². The lowest BCUT2D eigenvalue weighted by molar-refractivity contribution is -0.133. The van der Waals surface area contributed by atoms with Crippen molar-refractivity contribution in [2.75, 3.05) is 44.7 Å². The maximum atomic E-state index is 12.9. The fourth-order valence-electron chi connectivity index (χ4n) is 3.60. The number of carbonyl (C=O) groups excluding carboxylic acids is 1. The van der Waals surface area contributed by atoms with Crippen LogP contribution in [0, 0.1) is 0 Å². The summed E-state index contributed by atoms with van der Waals surface area (Å²) in [5.74, 6) is 1.82. The van der Waals surface area contributed by atoms with Crippen molar-refractivity contribution in [3.63, 3.8) is 0 Å². The molecule has 1 aliphatic carbocycles. The standard InChI is InChI=1S/C21H27N5O2/c1-28-19-7-3-17(4-8-19)15-26(18-5-6-18)16-20(27)24-11-13-25(14-12-24)21-22-9-2-10-23-21/h2-4,7-10,18H,5-6,11-16H2,1H3. The van der Waals surface area contributed by atoms with Gasteiger partial charge in [-0.3, -0.25) is 9.69 Å². The quantitative estimate of drug-likeness (QED) is 0.729. The van der Waals surface area contributed by atoms with E-state index in [2.05, 4.69) is 31.9 Å². The summed E-state index contributed by atoms with van der Waals surface area (Å²) in [7, 11) is 1.67. The van der Waals surface area contributed by atoms with Gasteiger partial charge in [-0.1, -0.05) is 12.1 Å². The van der Waals surface area contributed by atoms with Crippen LogP contribution in [-0.4, -0.2) is 71.6 Å². The molecular weight excluding hydrogens is 354 g/mol. The Kier molecular flexibility index (Phi) is 5.71. The van der Waals surface area contributed by atoms with Gasteiger partial charge in [0, 0.05) is 51.2 Å². The highest BCUT2D eigenvalue weighted by atomic mass is 16.5. The zero-order valence-electron chi connectivity index (χ0n) is 16.3. The second-order valence-corrected chi connectivity index (χ2v) is 7.40. The SMILES string of the molecule is COc1ccc(CN(CC(=O)N2CCN(c3ncccn3)CC2)C2CC2)cc1. The number of carbonyl (C=O) groups is 1. The molecule has 1 saturated heterocycles. The molecule has 7 nitrogen and oxygen atoms in total. The van der Waals surface area contributed by atoms with E-state index in [-0.39, 0.29) is 5.91 Å². The first kappa shape index (κ1) is 18.7. The van der Waals surface area contributed by atoms with Crippen LogP contribution in [0.15, 0.2) is 42.7 Å². The first-order valence-electron chi connectivity index (χ1n) is 9.89. The van der Waals surface area contributed by atoms with Crippen LogP contribution < -0.4 is 9.64 Å². The fraction of sp³-hybridized carbons (Fsp3) is 0.476. The van der Waals surface area contributed by atoms with Gasteiger partial charge in [-0.05, 0) is 36.6 Å². The topological polar surface area (TPSA) is 61.8 Å². The minimum atomic E-state index is 0.217. The Balaban J connectivity index is 1.31. The third-order valence-corrected chi connectivity index (χ3v) is 5.41. The van der Waals surface area contributed by atoms with Crippen LogP contribution in [0.25, 0.3) is 0 Å². The molecule has 2 heterocycles. The molecule has 1 aromatic heterocycles. The molecule has 0 spiro atoms. The first-order valence-corrected chi connectivity index (χ1v) is 9.89. The van der Waals surface area contributed by atoms with Crippen molar-refractivity contribution in [2.24, 2.45) is 0 Å². The zero-order chi connectivity index (χ0) is 19.3. The van der Waals surface area contributed by atoms with Gasteiger partial charge in [-0.2, -0.15) is 0 Å². The Labute approximate surface area is 165 Å². The van der Waals surface area contributed by atoms with E-state index in [1.54, 1.807) is 19.5 Å². The number of nitrogens with zero attached hydrogens (tertiary/aromatic N) is 5. The van der Waals surface area contributed by atoms with E-state index in [9.17, 15) is 4.79 Å². The molecule has 148 valence electrons. The second kappa shape index (κ2) is 8.56. The minimum absolute atomic E-state index is 0.217. The number of methoxy groups -OCH3 is 1. The van der Waals surface area contributed by atoms with Gasteiger partial charge in [-0.15, -0.1) is 0 Å². The summed E-state index contributed by atoms with van der Waals surface area (Å²) >= 11 is 0. The number of piperazine rings is 1. The number of ether oxygens (including phenoxy) is 1. The Hall–Kier alpha value is -2.67. The molecule has 0 N–H and O–H groups in total. The maximum Gasteiger partial charge on any atom is 0.236 e. The molecule has 1 saturated carbocycles. The number of anilines is 1. The van der Waals surface area contributed by atoms with Crippen LogP contribution in [0.2, 0.25) is 0 Å². The van der Waals surface area contributed by atoms with Gasteiger partial charge in [-0.25, -0.2) is 9.97 Å². The Bertz CT molecular complexity index is 771. The van der Waals surface area contributed by atoms with Crippen molar-refractivity contribution < 1.29 is 9.53 Å². The first-order chi connectivity index (χ1) is 13.7.